The maximum Gasteiger partial charge on any atom is 0.222 e. The van der Waals surface area contributed by atoms with Gasteiger partial charge in [0, 0.05) is 19.5 Å². The van der Waals surface area contributed by atoms with Crippen molar-refractivity contribution in [1.82, 2.24) is 4.90 Å². The van der Waals surface area contributed by atoms with Crippen LogP contribution in [0.5, 0.6) is 0 Å². The van der Waals surface area contributed by atoms with E-state index in [1.165, 1.54) is 19.3 Å². The van der Waals surface area contributed by atoms with Crippen molar-refractivity contribution in [2.75, 3.05) is 13.1 Å². The average molecular weight is 223 g/mol. The summed E-state index contributed by atoms with van der Waals surface area (Å²) in [4.78, 5) is 14.2. The fourth-order valence-electron chi connectivity index (χ4n) is 2.89. The van der Waals surface area contributed by atoms with Crippen LogP contribution < -0.4 is 0 Å². The van der Waals surface area contributed by atoms with Gasteiger partial charge in [0.1, 0.15) is 0 Å². The molecule has 0 bridgehead atoms. The lowest BCUT2D eigenvalue weighted by atomic mass is 9.79. The second-order valence-electron chi connectivity index (χ2n) is 6.16. The monoisotopic (exact) mass is 223 g/mol. The highest BCUT2D eigenvalue weighted by atomic mass is 16.2. The zero-order valence-corrected chi connectivity index (χ0v) is 10.9. The normalized spacial score (nSPS) is 30.9. The van der Waals surface area contributed by atoms with Crippen molar-refractivity contribution in [3.8, 4) is 0 Å². The molecule has 2 fully saturated rings. The molecule has 1 aliphatic heterocycles. The van der Waals surface area contributed by atoms with Crippen LogP contribution in [0.1, 0.15) is 46.5 Å². The standard InChI is InChI=1S/C14H25NO/c1-10(2)13-9-15(7-6-11(13)3)14(16)8-12-4-5-12/h10-13H,4-9H2,1-3H3/t11-,13-/m1/s1. The summed E-state index contributed by atoms with van der Waals surface area (Å²) in [6.45, 7) is 8.92. The molecule has 1 heterocycles. The number of rotatable bonds is 3. The minimum Gasteiger partial charge on any atom is -0.342 e. The number of carbonyl (C=O) groups excluding carboxylic acids is 1. The fourth-order valence-corrected chi connectivity index (χ4v) is 2.89. The van der Waals surface area contributed by atoms with Crippen molar-refractivity contribution in [3.63, 3.8) is 0 Å². The third kappa shape index (κ3) is 2.78. The number of hydrogen-bond acceptors (Lipinski definition) is 1. The van der Waals surface area contributed by atoms with Crippen LogP contribution >= 0.6 is 0 Å². The lowest BCUT2D eigenvalue weighted by molar-refractivity contribution is -0.134. The van der Waals surface area contributed by atoms with E-state index >= 15 is 0 Å². The Morgan fingerprint density at radius 2 is 2.00 bits per heavy atom. The Labute approximate surface area is 99.4 Å². The number of carbonyl (C=O) groups is 1. The van der Waals surface area contributed by atoms with Gasteiger partial charge in [-0.15, -0.1) is 0 Å². The first kappa shape index (κ1) is 11.9. The van der Waals surface area contributed by atoms with Gasteiger partial charge in [0.25, 0.3) is 0 Å². The third-order valence-corrected chi connectivity index (χ3v) is 4.39. The zero-order chi connectivity index (χ0) is 11.7. The Morgan fingerprint density at radius 1 is 1.31 bits per heavy atom. The molecule has 0 spiro atoms. The SMILES string of the molecule is CC(C)[C@H]1CN(C(=O)CC2CC2)CC[C@H]1C. The second-order valence-corrected chi connectivity index (χ2v) is 6.16. The Morgan fingerprint density at radius 3 is 2.56 bits per heavy atom. The Kier molecular flexibility index (Phi) is 3.56. The van der Waals surface area contributed by atoms with Crippen LogP contribution in [0.2, 0.25) is 0 Å². The molecule has 16 heavy (non-hydrogen) atoms. The Balaban J connectivity index is 1.88. The van der Waals surface area contributed by atoms with Gasteiger partial charge in [-0.2, -0.15) is 0 Å². The first-order chi connectivity index (χ1) is 7.58. The number of piperidine rings is 1. The van der Waals surface area contributed by atoms with Crippen LogP contribution in [0.15, 0.2) is 0 Å². The highest BCUT2D eigenvalue weighted by Gasteiger charge is 2.33. The predicted octanol–water partition coefficient (Wildman–Crippen LogP) is 2.93. The zero-order valence-electron chi connectivity index (χ0n) is 10.9. The van der Waals surface area contributed by atoms with Crippen LogP contribution in [0, 0.1) is 23.7 Å². The quantitative estimate of drug-likeness (QED) is 0.720. The molecule has 0 radical (unpaired) electrons. The first-order valence-electron chi connectivity index (χ1n) is 6.85. The van der Waals surface area contributed by atoms with Crippen molar-refractivity contribution in [1.29, 1.82) is 0 Å². The van der Waals surface area contributed by atoms with Gasteiger partial charge in [-0.1, -0.05) is 20.8 Å². The molecular formula is C14H25NO. The molecule has 1 aliphatic carbocycles. The number of nitrogens with zero attached hydrogens (tertiary/aromatic N) is 1. The molecule has 0 N–H and O–H groups in total. The third-order valence-electron chi connectivity index (χ3n) is 4.39. The van der Waals surface area contributed by atoms with Gasteiger partial charge < -0.3 is 4.90 Å². The molecule has 0 aromatic carbocycles. The minimum absolute atomic E-state index is 0.417. The second kappa shape index (κ2) is 4.77. The molecule has 92 valence electrons. The van der Waals surface area contributed by atoms with Crippen LogP contribution in [-0.2, 0) is 4.79 Å². The summed E-state index contributed by atoms with van der Waals surface area (Å²) >= 11 is 0. The van der Waals surface area contributed by atoms with Gasteiger partial charge in [0.15, 0.2) is 0 Å². The number of amides is 1. The molecular weight excluding hydrogens is 198 g/mol. The van der Waals surface area contributed by atoms with Gasteiger partial charge in [-0.25, -0.2) is 0 Å². The van der Waals surface area contributed by atoms with Crippen LogP contribution in [0.4, 0.5) is 0 Å². The van der Waals surface area contributed by atoms with E-state index in [-0.39, 0.29) is 0 Å². The van der Waals surface area contributed by atoms with E-state index in [0.717, 1.165) is 31.3 Å². The average Bonchev–Trinajstić information content (AvgIpc) is 3.01. The lowest BCUT2D eigenvalue weighted by Gasteiger charge is -2.39. The molecule has 1 saturated heterocycles. The lowest BCUT2D eigenvalue weighted by Crippen LogP contribution is -2.44. The van der Waals surface area contributed by atoms with E-state index in [4.69, 9.17) is 0 Å². The molecule has 1 amide bonds. The summed E-state index contributed by atoms with van der Waals surface area (Å²) in [6, 6.07) is 0. The molecule has 2 heteroatoms. The van der Waals surface area contributed by atoms with Gasteiger partial charge in [-0.05, 0) is 42.9 Å². The van der Waals surface area contributed by atoms with E-state index in [1.54, 1.807) is 0 Å². The van der Waals surface area contributed by atoms with E-state index in [9.17, 15) is 4.79 Å². The molecule has 2 atom stereocenters. The first-order valence-corrected chi connectivity index (χ1v) is 6.85. The number of hydrogen-bond donors (Lipinski definition) is 0. The highest BCUT2D eigenvalue weighted by molar-refractivity contribution is 5.76. The van der Waals surface area contributed by atoms with Crippen molar-refractivity contribution in [3.05, 3.63) is 0 Å². The van der Waals surface area contributed by atoms with Crippen LogP contribution in [-0.4, -0.2) is 23.9 Å². The van der Waals surface area contributed by atoms with Crippen molar-refractivity contribution in [2.24, 2.45) is 23.7 Å². The predicted molar refractivity (Wildman–Crippen MR) is 66.0 cm³/mol. The molecule has 1 saturated carbocycles. The van der Waals surface area contributed by atoms with Crippen molar-refractivity contribution >= 4 is 5.91 Å². The van der Waals surface area contributed by atoms with Gasteiger partial charge in [0.05, 0.1) is 0 Å². The summed E-state index contributed by atoms with van der Waals surface area (Å²) in [7, 11) is 0. The maximum atomic E-state index is 12.0. The summed E-state index contributed by atoms with van der Waals surface area (Å²) < 4.78 is 0. The van der Waals surface area contributed by atoms with Crippen molar-refractivity contribution < 1.29 is 4.79 Å². The van der Waals surface area contributed by atoms with Gasteiger partial charge >= 0.3 is 0 Å². The van der Waals surface area contributed by atoms with Crippen molar-refractivity contribution in [2.45, 2.75) is 46.5 Å². The topological polar surface area (TPSA) is 20.3 Å². The van der Waals surface area contributed by atoms with E-state index in [0.29, 0.717) is 17.7 Å². The molecule has 2 nitrogen and oxygen atoms in total. The Bertz CT molecular complexity index is 257. The van der Waals surface area contributed by atoms with Crippen LogP contribution in [0.3, 0.4) is 0 Å². The summed E-state index contributed by atoms with van der Waals surface area (Å²) in [6.07, 6.45) is 4.58. The summed E-state index contributed by atoms with van der Waals surface area (Å²) in [5.74, 6) is 3.33. The largest absolute Gasteiger partial charge is 0.342 e. The van der Waals surface area contributed by atoms with E-state index < -0.39 is 0 Å². The summed E-state index contributed by atoms with van der Waals surface area (Å²) in [5.41, 5.74) is 0. The van der Waals surface area contributed by atoms with Gasteiger partial charge in [0.2, 0.25) is 5.91 Å². The minimum atomic E-state index is 0.417. The van der Waals surface area contributed by atoms with E-state index in [2.05, 4.69) is 25.7 Å². The molecule has 0 aromatic rings. The molecule has 2 rings (SSSR count). The molecule has 0 unspecified atom stereocenters. The molecule has 2 aliphatic rings. The van der Waals surface area contributed by atoms with Crippen LogP contribution in [0.25, 0.3) is 0 Å². The fraction of sp³-hybridized carbons (Fsp3) is 0.929. The van der Waals surface area contributed by atoms with Gasteiger partial charge in [-0.3, -0.25) is 4.79 Å². The highest BCUT2D eigenvalue weighted by Crippen LogP contribution is 2.34. The van der Waals surface area contributed by atoms with E-state index in [1.807, 2.05) is 0 Å². The molecule has 0 aromatic heterocycles. The maximum absolute atomic E-state index is 12.0. The Hall–Kier alpha value is -0.530. The summed E-state index contributed by atoms with van der Waals surface area (Å²) in [5, 5.41) is 0. The number of likely N-dealkylation sites (tertiary alicyclic amines) is 1. The smallest absolute Gasteiger partial charge is 0.222 e.